The number of hydrogen-bond donors (Lipinski definition) is 1. The predicted octanol–water partition coefficient (Wildman–Crippen LogP) is 3.34. The Kier molecular flexibility index (Phi) is 5.13. The number of hydrogen-bond acceptors (Lipinski definition) is 1. The highest BCUT2D eigenvalue weighted by molar-refractivity contribution is 5.18. The summed E-state index contributed by atoms with van der Waals surface area (Å²) in [5.74, 6) is 0.621. The first kappa shape index (κ1) is 12.0. The lowest BCUT2D eigenvalue weighted by Crippen LogP contribution is -2.25. The quantitative estimate of drug-likeness (QED) is 0.699. The summed E-state index contributed by atoms with van der Waals surface area (Å²) in [6.45, 7) is 9.20. The van der Waals surface area contributed by atoms with Crippen LogP contribution >= 0.6 is 0 Å². The largest absolute Gasteiger partial charge is 0.311 e. The monoisotopic (exact) mass is 203 g/mol. The lowest BCUT2D eigenvalue weighted by molar-refractivity contribution is 0.567. The van der Waals surface area contributed by atoms with E-state index in [1.165, 1.54) is 12.0 Å². The Balaban J connectivity index is 2.31. The van der Waals surface area contributed by atoms with Gasteiger partial charge < -0.3 is 5.32 Å². The Labute approximate surface area is 93.2 Å². The Morgan fingerprint density at radius 2 is 1.93 bits per heavy atom. The van der Waals surface area contributed by atoms with Crippen LogP contribution in [0.4, 0.5) is 0 Å². The van der Waals surface area contributed by atoms with Gasteiger partial charge in [0.2, 0.25) is 0 Å². The highest BCUT2D eigenvalue weighted by Crippen LogP contribution is 2.17. The number of rotatable bonds is 6. The molecule has 0 amide bonds. The highest BCUT2D eigenvalue weighted by Gasteiger charge is 2.04. The summed E-state index contributed by atoms with van der Waals surface area (Å²) in [6.07, 6.45) is 3.11. The lowest BCUT2D eigenvalue weighted by Gasteiger charge is -2.14. The van der Waals surface area contributed by atoms with E-state index in [4.69, 9.17) is 0 Å². The van der Waals surface area contributed by atoms with Crippen molar-refractivity contribution in [1.29, 1.82) is 0 Å². The molecule has 0 aliphatic heterocycles. The molecule has 1 nitrogen and oxygen atoms in total. The highest BCUT2D eigenvalue weighted by atomic mass is 14.9. The fraction of sp³-hybridized carbons (Fsp3) is 0.429. The summed E-state index contributed by atoms with van der Waals surface area (Å²) >= 11 is 0. The maximum Gasteiger partial charge on any atom is 0.0219 e. The Morgan fingerprint density at radius 3 is 2.53 bits per heavy atom. The minimum atomic E-state index is 0.410. The third-order valence-electron chi connectivity index (χ3n) is 2.77. The second-order valence-corrected chi connectivity index (χ2v) is 4.08. The molecular weight excluding hydrogens is 182 g/mol. The molecule has 0 bridgehead atoms. The molecule has 0 aromatic heterocycles. The van der Waals surface area contributed by atoms with Gasteiger partial charge in [-0.25, -0.2) is 0 Å². The van der Waals surface area contributed by atoms with E-state index in [1.54, 1.807) is 0 Å². The van der Waals surface area contributed by atoms with Crippen LogP contribution in [-0.4, -0.2) is 12.6 Å². The van der Waals surface area contributed by atoms with E-state index < -0.39 is 0 Å². The van der Waals surface area contributed by atoms with Crippen molar-refractivity contribution in [1.82, 2.24) is 5.32 Å². The molecule has 0 fully saturated rings. The Bertz CT molecular complexity index is 279. The Hall–Kier alpha value is -1.08. The molecule has 0 spiro atoms. The molecule has 0 saturated heterocycles. The predicted molar refractivity (Wildman–Crippen MR) is 67.1 cm³/mol. The summed E-state index contributed by atoms with van der Waals surface area (Å²) in [5, 5.41) is 3.41. The van der Waals surface area contributed by atoms with Gasteiger partial charge in [0.05, 0.1) is 0 Å². The molecule has 0 heterocycles. The first-order valence-corrected chi connectivity index (χ1v) is 5.65. The van der Waals surface area contributed by atoms with Crippen LogP contribution in [0.3, 0.4) is 0 Å². The molecule has 1 rings (SSSR count). The summed E-state index contributed by atoms with van der Waals surface area (Å²) < 4.78 is 0. The van der Waals surface area contributed by atoms with Gasteiger partial charge >= 0.3 is 0 Å². The standard InChI is InChI=1S/C14H21N/c1-4-13(3)15-11-10-12(2)14-8-6-5-7-9-14/h4-9,12-13,15H,1,10-11H2,2-3H3. The van der Waals surface area contributed by atoms with Crippen molar-refractivity contribution in [2.75, 3.05) is 6.54 Å². The zero-order valence-electron chi connectivity index (χ0n) is 9.74. The van der Waals surface area contributed by atoms with E-state index in [9.17, 15) is 0 Å². The van der Waals surface area contributed by atoms with E-state index in [1.807, 2.05) is 6.08 Å². The van der Waals surface area contributed by atoms with Crippen molar-refractivity contribution in [3.05, 3.63) is 48.6 Å². The third kappa shape index (κ3) is 4.30. The van der Waals surface area contributed by atoms with Crippen LogP contribution in [0.2, 0.25) is 0 Å². The van der Waals surface area contributed by atoms with Crippen LogP contribution in [-0.2, 0) is 0 Å². The number of benzene rings is 1. The van der Waals surface area contributed by atoms with E-state index in [0.717, 1.165) is 6.54 Å². The van der Waals surface area contributed by atoms with Gasteiger partial charge in [-0.05, 0) is 31.4 Å². The zero-order chi connectivity index (χ0) is 11.1. The normalized spacial score (nSPS) is 14.5. The average molecular weight is 203 g/mol. The van der Waals surface area contributed by atoms with Gasteiger partial charge in [0.1, 0.15) is 0 Å². The summed E-state index contributed by atoms with van der Waals surface area (Å²) in [5.41, 5.74) is 1.42. The van der Waals surface area contributed by atoms with E-state index in [0.29, 0.717) is 12.0 Å². The van der Waals surface area contributed by atoms with Gasteiger partial charge in [-0.15, -0.1) is 6.58 Å². The van der Waals surface area contributed by atoms with Crippen molar-refractivity contribution >= 4 is 0 Å². The van der Waals surface area contributed by atoms with Gasteiger partial charge in [0.15, 0.2) is 0 Å². The summed E-state index contributed by atoms with van der Waals surface area (Å²) in [4.78, 5) is 0. The minimum absolute atomic E-state index is 0.410. The lowest BCUT2D eigenvalue weighted by atomic mass is 9.98. The molecule has 15 heavy (non-hydrogen) atoms. The molecule has 0 saturated carbocycles. The van der Waals surface area contributed by atoms with Crippen LogP contribution in [0.1, 0.15) is 31.7 Å². The van der Waals surface area contributed by atoms with E-state index in [-0.39, 0.29) is 0 Å². The summed E-state index contributed by atoms with van der Waals surface area (Å²) in [6, 6.07) is 11.1. The second-order valence-electron chi connectivity index (χ2n) is 4.08. The molecule has 1 aromatic rings. The summed E-state index contributed by atoms with van der Waals surface area (Å²) in [7, 11) is 0. The van der Waals surface area contributed by atoms with Crippen LogP contribution in [0.5, 0.6) is 0 Å². The molecule has 82 valence electrons. The Morgan fingerprint density at radius 1 is 1.27 bits per heavy atom. The molecule has 1 heteroatoms. The molecular formula is C14H21N. The minimum Gasteiger partial charge on any atom is -0.311 e. The topological polar surface area (TPSA) is 12.0 Å². The van der Waals surface area contributed by atoms with Crippen LogP contribution in [0.25, 0.3) is 0 Å². The molecule has 0 aliphatic rings. The second kappa shape index (κ2) is 6.41. The number of nitrogens with one attached hydrogen (secondary N) is 1. The van der Waals surface area contributed by atoms with Crippen molar-refractivity contribution in [2.45, 2.75) is 32.2 Å². The van der Waals surface area contributed by atoms with Gasteiger partial charge in [0, 0.05) is 6.04 Å². The molecule has 2 unspecified atom stereocenters. The van der Waals surface area contributed by atoms with Crippen molar-refractivity contribution < 1.29 is 0 Å². The SMILES string of the molecule is C=CC(C)NCCC(C)c1ccccc1. The maximum absolute atomic E-state index is 3.75. The fourth-order valence-corrected chi connectivity index (χ4v) is 1.56. The first-order valence-electron chi connectivity index (χ1n) is 5.65. The smallest absolute Gasteiger partial charge is 0.0219 e. The molecule has 1 aromatic carbocycles. The molecule has 0 radical (unpaired) electrons. The van der Waals surface area contributed by atoms with Crippen LogP contribution < -0.4 is 5.32 Å². The zero-order valence-corrected chi connectivity index (χ0v) is 9.74. The molecule has 2 atom stereocenters. The van der Waals surface area contributed by atoms with Crippen LogP contribution in [0.15, 0.2) is 43.0 Å². The van der Waals surface area contributed by atoms with Gasteiger partial charge in [-0.2, -0.15) is 0 Å². The fourth-order valence-electron chi connectivity index (χ4n) is 1.56. The average Bonchev–Trinajstić information content (AvgIpc) is 2.29. The van der Waals surface area contributed by atoms with Crippen molar-refractivity contribution in [2.24, 2.45) is 0 Å². The van der Waals surface area contributed by atoms with Gasteiger partial charge in [-0.1, -0.05) is 43.3 Å². The third-order valence-corrected chi connectivity index (χ3v) is 2.77. The molecule has 0 aliphatic carbocycles. The van der Waals surface area contributed by atoms with E-state index in [2.05, 4.69) is 56.1 Å². The van der Waals surface area contributed by atoms with E-state index >= 15 is 0 Å². The molecule has 1 N–H and O–H groups in total. The first-order chi connectivity index (χ1) is 7.24. The van der Waals surface area contributed by atoms with Gasteiger partial charge in [0.25, 0.3) is 0 Å². The van der Waals surface area contributed by atoms with Crippen LogP contribution in [0, 0.1) is 0 Å². The van der Waals surface area contributed by atoms with Gasteiger partial charge in [-0.3, -0.25) is 0 Å². The van der Waals surface area contributed by atoms with Crippen molar-refractivity contribution in [3.63, 3.8) is 0 Å². The van der Waals surface area contributed by atoms with Crippen molar-refractivity contribution in [3.8, 4) is 0 Å². The maximum atomic E-state index is 3.75.